The van der Waals surface area contributed by atoms with Crippen LogP contribution in [0.1, 0.15) is 20.3 Å². The van der Waals surface area contributed by atoms with Gasteiger partial charge in [0.15, 0.2) is 0 Å². The van der Waals surface area contributed by atoms with Crippen molar-refractivity contribution in [1.82, 2.24) is 4.98 Å². The highest BCUT2D eigenvalue weighted by Crippen LogP contribution is 2.25. The maximum atomic E-state index is 11.7. The molecule has 0 fully saturated rings. The normalized spacial score (nSPS) is 13.8. The van der Waals surface area contributed by atoms with E-state index in [1.807, 2.05) is 0 Å². The van der Waals surface area contributed by atoms with Crippen molar-refractivity contribution in [3.63, 3.8) is 0 Å². The van der Waals surface area contributed by atoms with Gasteiger partial charge in [-0.3, -0.25) is 0 Å². The van der Waals surface area contributed by atoms with E-state index in [1.165, 1.54) is 6.20 Å². The summed E-state index contributed by atoms with van der Waals surface area (Å²) in [5, 5.41) is 12.9. The summed E-state index contributed by atoms with van der Waals surface area (Å²) < 4.78 is 5.50. The van der Waals surface area contributed by atoms with Crippen LogP contribution in [0.3, 0.4) is 0 Å². The summed E-state index contributed by atoms with van der Waals surface area (Å²) in [5.41, 5.74) is 4.22. The van der Waals surface area contributed by atoms with E-state index in [0.717, 1.165) is 0 Å². The monoisotopic (exact) mass is 317 g/mol. The van der Waals surface area contributed by atoms with Gasteiger partial charge in [0.1, 0.15) is 5.82 Å². The van der Waals surface area contributed by atoms with Gasteiger partial charge >= 0.3 is 5.97 Å². The second-order valence-electron chi connectivity index (χ2n) is 3.65. The highest BCUT2D eigenvalue weighted by Gasteiger charge is 2.36. The Kier molecular flexibility index (Phi) is 4.92. The van der Waals surface area contributed by atoms with Crippen LogP contribution in [0.2, 0.25) is 0 Å². The number of ether oxygens (including phenoxy) is 1. The number of aromatic nitrogens is 1. The van der Waals surface area contributed by atoms with Gasteiger partial charge in [-0.1, -0.05) is 6.92 Å². The molecule has 1 heterocycles. The number of rotatable bonds is 5. The molecule has 7 heteroatoms. The highest BCUT2D eigenvalue weighted by atomic mass is 79.9. The number of nitrogens with zero attached hydrogens (tertiary/aromatic N) is 1. The average molecular weight is 318 g/mol. The maximum Gasteiger partial charge on any atom is 0.359 e. The number of hydrogen-bond donors (Lipinski definition) is 3. The number of aliphatic hydroxyl groups is 1. The summed E-state index contributed by atoms with van der Waals surface area (Å²) in [6, 6.07) is 1.63. The van der Waals surface area contributed by atoms with E-state index in [1.54, 1.807) is 19.9 Å². The summed E-state index contributed by atoms with van der Waals surface area (Å²) in [7, 11) is 0. The van der Waals surface area contributed by atoms with Crippen LogP contribution in [0.5, 0.6) is 0 Å². The predicted molar refractivity (Wildman–Crippen MR) is 71.8 cm³/mol. The smallest absolute Gasteiger partial charge is 0.359 e. The van der Waals surface area contributed by atoms with Gasteiger partial charge in [-0.15, -0.1) is 0 Å². The van der Waals surface area contributed by atoms with E-state index in [9.17, 15) is 9.90 Å². The van der Waals surface area contributed by atoms with Crippen molar-refractivity contribution >= 4 is 33.4 Å². The Labute approximate surface area is 114 Å². The van der Waals surface area contributed by atoms with Crippen LogP contribution in [-0.4, -0.2) is 28.4 Å². The van der Waals surface area contributed by atoms with E-state index < -0.39 is 11.7 Å². The lowest BCUT2D eigenvalue weighted by Gasteiger charge is -2.26. The number of hydrogen-bond acceptors (Lipinski definition) is 6. The Morgan fingerprint density at radius 1 is 1.67 bits per heavy atom. The molecule has 1 aromatic rings. The van der Waals surface area contributed by atoms with Crippen LogP contribution in [0.4, 0.5) is 11.5 Å². The fourth-order valence-corrected chi connectivity index (χ4v) is 1.64. The number of nitrogen functional groups attached to an aromatic ring is 1. The number of nitrogens with two attached hydrogens (primary N) is 1. The van der Waals surface area contributed by atoms with Crippen LogP contribution in [-0.2, 0) is 9.53 Å². The molecule has 0 saturated heterocycles. The van der Waals surface area contributed by atoms with Crippen molar-refractivity contribution < 1.29 is 14.6 Å². The number of esters is 1. The second kappa shape index (κ2) is 6.01. The average Bonchev–Trinajstić information content (AvgIpc) is 2.34. The Balaban J connectivity index is 2.97. The molecule has 4 N–H and O–H groups in total. The third-order valence-corrected chi connectivity index (χ3v) is 2.79. The van der Waals surface area contributed by atoms with Gasteiger partial charge < -0.3 is 20.9 Å². The first-order valence-electron chi connectivity index (χ1n) is 5.51. The molecule has 1 aromatic heterocycles. The van der Waals surface area contributed by atoms with Crippen molar-refractivity contribution in [2.45, 2.75) is 26.0 Å². The van der Waals surface area contributed by atoms with Crippen molar-refractivity contribution in [2.24, 2.45) is 0 Å². The van der Waals surface area contributed by atoms with Gasteiger partial charge in [-0.2, -0.15) is 0 Å². The molecule has 1 atom stereocenters. The molecule has 0 saturated carbocycles. The summed E-state index contributed by atoms with van der Waals surface area (Å²) in [6.45, 7) is 3.52. The third-order valence-electron chi connectivity index (χ3n) is 2.35. The molecule has 0 aliphatic heterocycles. The van der Waals surface area contributed by atoms with Crippen LogP contribution in [0.15, 0.2) is 16.7 Å². The van der Waals surface area contributed by atoms with Crippen molar-refractivity contribution in [1.29, 1.82) is 0 Å². The molecule has 0 radical (unpaired) electrons. The number of anilines is 2. The van der Waals surface area contributed by atoms with E-state index >= 15 is 0 Å². The van der Waals surface area contributed by atoms with Crippen LogP contribution < -0.4 is 11.1 Å². The van der Waals surface area contributed by atoms with Crippen LogP contribution in [0.25, 0.3) is 0 Å². The standard InChI is InChI=1S/C11H16BrN3O3/c1-3-11(17,10(16)18-4-2)15-8-5-7(12)6-14-9(8)13/h5-6,15,17H,3-4H2,1-2H3,(H2,13,14). The zero-order valence-corrected chi connectivity index (χ0v) is 11.8. The topological polar surface area (TPSA) is 97.5 Å². The van der Waals surface area contributed by atoms with Gasteiger partial charge in [0.2, 0.25) is 5.72 Å². The molecule has 0 aromatic carbocycles. The largest absolute Gasteiger partial charge is 0.462 e. The molecule has 18 heavy (non-hydrogen) atoms. The van der Waals surface area contributed by atoms with Crippen LogP contribution >= 0.6 is 15.9 Å². The van der Waals surface area contributed by atoms with Crippen molar-refractivity contribution in [2.75, 3.05) is 17.7 Å². The maximum absolute atomic E-state index is 11.7. The van der Waals surface area contributed by atoms with Crippen LogP contribution in [0, 0.1) is 0 Å². The summed E-state index contributed by atoms with van der Waals surface area (Å²) in [6.07, 6.45) is 1.66. The van der Waals surface area contributed by atoms with Gasteiger partial charge in [0, 0.05) is 17.1 Å². The Morgan fingerprint density at radius 2 is 2.33 bits per heavy atom. The molecule has 1 rings (SSSR count). The van der Waals surface area contributed by atoms with Crippen molar-refractivity contribution in [3.8, 4) is 0 Å². The Hall–Kier alpha value is -1.34. The van der Waals surface area contributed by atoms with Gasteiger partial charge in [0.05, 0.1) is 12.3 Å². The molecule has 0 amide bonds. The second-order valence-corrected chi connectivity index (χ2v) is 4.56. The number of nitrogens with one attached hydrogen (secondary N) is 1. The van der Waals surface area contributed by atoms with Gasteiger partial charge in [-0.25, -0.2) is 9.78 Å². The molecule has 6 nitrogen and oxygen atoms in total. The lowest BCUT2D eigenvalue weighted by molar-refractivity contribution is -0.162. The molecular formula is C11H16BrN3O3. The first-order chi connectivity index (χ1) is 8.42. The zero-order valence-electron chi connectivity index (χ0n) is 10.2. The molecule has 100 valence electrons. The van der Waals surface area contributed by atoms with E-state index in [-0.39, 0.29) is 18.8 Å². The fraction of sp³-hybridized carbons (Fsp3) is 0.455. The Morgan fingerprint density at radius 3 is 2.89 bits per heavy atom. The highest BCUT2D eigenvalue weighted by molar-refractivity contribution is 9.10. The summed E-state index contributed by atoms with van der Waals surface area (Å²) in [5.74, 6) is -0.554. The minimum absolute atomic E-state index is 0.137. The first kappa shape index (κ1) is 14.7. The third kappa shape index (κ3) is 3.33. The lowest BCUT2D eigenvalue weighted by atomic mass is 10.1. The first-order valence-corrected chi connectivity index (χ1v) is 6.31. The molecule has 0 aliphatic rings. The zero-order chi connectivity index (χ0) is 13.8. The number of carbonyl (C=O) groups excluding carboxylic acids is 1. The van der Waals surface area contributed by atoms with E-state index in [4.69, 9.17) is 10.5 Å². The van der Waals surface area contributed by atoms with E-state index in [0.29, 0.717) is 10.2 Å². The molecule has 1 unspecified atom stereocenters. The van der Waals surface area contributed by atoms with Gasteiger partial charge in [0.25, 0.3) is 0 Å². The SMILES string of the molecule is CCOC(=O)C(O)(CC)Nc1cc(Br)cnc1N. The summed E-state index contributed by atoms with van der Waals surface area (Å²) in [4.78, 5) is 15.6. The Bertz CT molecular complexity index is 442. The summed E-state index contributed by atoms with van der Waals surface area (Å²) >= 11 is 3.24. The number of halogens is 1. The molecule has 0 bridgehead atoms. The quantitative estimate of drug-likeness (QED) is 0.562. The fourth-order valence-electron chi connectivity index (χ4n) is 1.31. The molecule has 0 aliphatic carbocycles. The van der Waals surface area contributed by atoms with Crippen molar-refractivity contribution in [3.05, 3.63) is 16.7 Å². The number of carbonyl (C=O) groups is 1. The van der Waals surface area contributed by atoms with E-state index in [2.05, 4.69) is 26.2 Å². The number of pyridine rings is 1. The predicted octanol–water partition coefficient (Wildman–Crippen LogP) is 1.50. The lowest BCUT2D eigenvalue weighted by Crippen LogP contribution is -2.47. The molecule has 0 spiro atoms. The minimum Gasteiger partial charge on any atom is -0.462 e. The minimum atomic E-state index is -1.81. The molecular weight excluding hydrogens is 302 g/mol. The van der Waals surface area contributed by atoms with Gasteiger partial charge in [-0.05, 0) is 28.9 Å².